The second-order valence-electron chi connectivity index (χ2n) is 4.87. The van der Waals surface area contributed by atoms with E-state index >= 15 is 0 Å². The highest BCUT2D eigenvalue weighted by Gasteiger charge is 2.12. The number of aromatic nitrogens is 2. The average Bonchev–Trinajstić information content (AvgIpc) is 2.48. The fourth-order valence-corrected chi connectivity index (χ4v) is 2.02. The van der Waals surface area contributed by atoms with Crippen molar-refractivity contribution in [1.82, 2.24) is 9.97 Å². The van der Waals surface area contributed by atoms with Gasteiger partial charge in [0.05, 0.1) is 0 Å². The molecular formula is C15H19BN2O2. The first kappa shape index (κ1) is 14.7. The van der Waals surface area contributed by atoms with E-state index in [1.807, 2.05) is 12.1 Å². The average molecular weight is 270 g/mol. The molecule has 0 aliphatic heterocycles. The molecule has 4 nitrogen and oxygen atoms in total. The number of aryl methyl sites for hydroxylation is 1. The fraction of sp³-hybridized carbons (Fsp3) is 0.333. The zero-order chi connectivity index (χ0) is 14.4. The van der Waals surface area contributed by atoms with Gasteiger partial charge >= 0.3 is 7.12 Å². The molecule has 0 bridgehead atoms. The lowest BCUT2D eigenvalue weighted by Gasteiger charge is -2.04. The molecule has 5 heteroatoms. The van der Waals surface area contributed by atoms with E-state index in [0.717, 1.165) is 12.0 Å². The minimum absolute atomic E-state index is 0.296. The molecule has 0 unspecified atom stereocenters. The van der Waals surface area contributed by atoms with Crippen LogP contribution in [0.25, 0.3) is 11.4 Å². The van der Waals surface area contributed by atoms with E-state index in [4.69, 9.17) is 10.0 Å². The molecule has 0 amide bonds. The van der Waals surface area contributed by atoms with Crippen molar-refractivity contribution >= 4 is 12.6 Å². The first-order valence-electron chi connectivity index (χ1n) is 6.98. The molecule has 2 N–H and O–H groups in total. The van der Waals surface area contributed by atoms with Gasteiger partial charge in [-0.25, -0.2) is 9.97 Å². The van der Waals surface area contributed by atoms with Crippen molar-refractivity contribution in [2.45, 2.75) is 32.6 Å². The van der Waals surface area contributed by atoms with Gasteiger partial charge in [0.15, 0.2) is 5.82 Å². The summed E-state index contributed by atoms with van der Waals surface area (Å²) in [4.78, 5) is 8.29. The minimum atomic E-state index is -1.52. The fourth-order valence-electron chi connectivity index (χ4n) is 2.02. The standard InChI is InChI=1S/C15H19BN2O2/c1-2-3-4-5-12-6-8-13(9-7-12)15-17-10-14(11-18-15)16(19)20/h6-11,19-20H,2-5H2,1H3. The van der Waals surface area contributed by atoms with E-state index in [2.05, 4.69) is 29.0 Å². The highest BCUT2D eigenvalue weighted by atomic mass is 16.4. The molecule has 0 saturated heterocycles. The Hall–Kier alpha value is -1.72. The quantitative estimate of drug-likeness (QED) is 0.617. The van der Waals surface area contributed by atoms with Crippen LogP contribution in [0, 0.1) is 0 Å². The molecule has 1 aromatic heterocycles. The Bertz CT molecular complexity index is 527. The zero-order valence-corrected chi connectivity index (χ0v) is 11.7. The van der Waals surface area contributed by atoms with Gasteiger partial charge in [0, 0.05) is 23.4 Å². The lowest BCUT2D eigenvalue weighted by molar-refractivity contribution is 0.425. The molecule has 0 aliphatic rings. The molecule has 2 aromatic rings. The third-order valence-electron chi connectivity index (χ3n) is 3.25. The van der Waals surface area contributed by atoms with Crippen molar-refractivity contribution in [3.63, 3.8) is 0 Å². The van der Waals surface area contributed by atoms with Gasteiger partial charge in [-0.3, -0.25) is 0 Å². The van der Waals surface area contributed by atoms with E-state index in [-0.39, 0.29) is 0 Å². The molecule has 0 fully saturated rings. The van der Waals surface area contributed by atoms with Crippen molar-refractivity contribution in [2.75, 3.05) is 0 Å². The lowest BCUT2D eigenvalue weighted by atomic mass is 9.83. The highest BCUT2D eigenvalue weighted by Crippen LogP contribution is 2.15. The van der Waals surface area contributed by atoms with Crippen LogP contribution in [0.1, 0.15) is 31.7 Å². The summed E-state index contributed by atoms with van der Waals surface area (Å²) in [5, 5.41) is 18.0. The molecule has 0 spiro atoms. The van der Waals surface area contributed by atoms with Crippen molar-refractivity contribution in [2.24, 2.45) is 0 Å². The molecule has 0 radical (unpaired) electrons. The van der Waals surface area contributed by atoms with Crippen LogP contribution in [0.5, 0.6) is 0 Å². The lowest BCUT2D eigenvalue weighted by Crippen LogP contribution is -2.30. The van der Waals surface area contributed by atoms with Gasteiger partial charge in [0.2, 0.25) is 0 Å². The van der Waals surface area contributed by atoms with Crippen molar-refractivity contribution < 1.29 is 10.0 Å². The number of hydrogen-bond donors (Lipinski definition) is 2. The predicted octanol–water partition coefficient (Wildman–Crippen LogP) is 1.56. The molecule has 0 aliphatic carbocycles. The Labute approximate surface area is 119 Å². The Morgan fingerprint density at radius 3 is 2.20 bits per heavy atom. The third-order valence-corrected chi connectivity index (χ3v) is 3.25. The normalized spacial score (nSPS) is 10.6. The van der Waals surface area contributed by atoms with Gasteiger partial charge in [-0.05, 0) is 18.4 Å². The summed E-state index contributed by atoms with van der Waals surface area (Å²) in [6.07, 6.45) is 7.68. The van der Waals surface area contributed by atoms with Crippen LogP contribution >= 0.6 is 0 Å². The summed E-state index contributed by atoms with van der Waals surface area (Å²) >= 11 is 0. The first-order valence-corrected chi connectivity index (χ1v) is 6.98. The maximum absolute atomic E-state index is 9.00. The van der Waals surface area contributed by atoms with Gasteiger partial charge < -0.3 is 10.0 Å². The Kier molecular flexibility index (Phi) is 5.27. The maximum Gasteiger partial charge on any atom is 0.491 e. The summed E-state index contributed by atoms with van der Waals surface area (Å²) in [7, 11) is -1.52. The van der Waals surface area contributed by atoms with Gasteiger partial charge in [-0.2, -0.15) is 0 Å². The smallest absolute Gasteiger partial charge is 0.423 e. The van der Waals surface area contributed by atoms with Gasteiger partial charge in [0.25, 0.3) is 0 Å². The molecule has 1 aromatic carbocycles. The Morgan fingerprint density at radius 2 is 1.65 bits per heavy atom. The van der Waals surface area contributed by atoms with Crippen LogP contribution in [-0.4, -0.2) is 27.1 Å². The molecule has 0 saturated carbocycles. The Balaban J connectivity index is 2.05. The van der Waals surface area contributed by atoms with Crippen LogP contribution in [-0.2, 0) is 6.42 Å². The number of benzene rings is 1. The second-order valence-corrected chi connectivity index (χ2v) is 4.87. The summed E-state index contributed by atoms with van der Waals surface area (Å²) in [6.45, 7) is 2.20. The summed E-state index contributed by atoms with van der Waals surface area (Å²) in [5.41, 5.74) is 2.55. The minimum Gasteiger partial charge on any atom is -0.423 e. The van der Waals surface area contributed by atoms with Crippen molar-refractivity contribution in [3.05, 3.63) is 42.2 Å². The van der Waals surface area contributed by atoms with E-state index in [0.29, 0.717) is 11.3 Å². The number of hydrogen-bond acceptors (Lipinski definition) is 4. The largest absolute Gasteiger partial charge is 0.491 e. The van der Waals surface area contributed by atoms with Crippen LogP contribution in [0.2, 0.25) is 0 Å². The van der Waals surface area contributed by atoms with E-state index < -0.39 is 7.12 Å². The summed E-state index contributed by atoms with van der Waals surface area (Å²) in [5.74, 6) is 0.592. The van der Waals surface area contributed by atoms with E-state index in [9.17, 15) is 0 Å². The molecule has 20 heavy (non-hydrogen) atoms. The van der Waals surface area contributed by atoms with Gasteiger partial charge in [0.1, 0.15) is 0 Å². The molecule has 0 atom stereocenters. The first-order chi connectivity index (χ1) is 9.70. The van der Waals surface area contributed by atoms with E-state index in [1.165, 1.54) is 37.2 Å². The van der Waals surface area contributed by atoms with Gasteiger partial charge in [-0.1, -0.05) is 44.0 Å². The van der Waals surface area contributed by atoms with Crippen molar-refractivity contribution in [1.29, 1.82) is 0 Å². The number of rotatable bonds is 6. The highest BCUT2D eigenvalue weighted by molar-refractivity contribution is 6.58. The summed E-state index contributed by atoms with van der Waals surface area (Å²) < 4.78 is 0. The van der Waals surface area contributed by atoms with Crippen LogP contribution in [0.3, 0.4) is 0 Å². The number of nitrogens with zero attached hydrogens (tertiary/aromatic N) is 2. The SMILES string of the molecule is CCCCCc1ccc(-c2ncc(B(O)O)cn2)cc1. The summed E-state index contributed by atoms with van der Waals surface area (Å²) in [6, 6.07) is 8.21. The van der Waals surface area contributed by atoms with Crippen LogP contribution in [0.15, 0.2) is 36.7 Å². The number of unbranched alkanes of at least 4 members (excludes halogenated alkanes) is 2. The van der Waals surface area contributed by atoms with Crippen LogP contribution < -0.4 is 5.46 Å². The molecular weight excluding hydrogens is 251 g/mol. The van der Waals surface area contributed by atoms with E-state index in [1.54, 1.807) is 0 Å². The monoisotopic (exact) mass is 270 g/mol. The topological polar surface area (TPSA) is 66.2 Å². The van der Waals surface area contributed by atoms with Gasteiger partial charge in [-0.15, -0.1) is 0 Å². The predicted molar refractivity (Wildman–Crippen MR) is 80.5 cm³/mol. The maximum atomic E-state index is 9.00. The Morgan fingerprint density at radius 1 is 1.00 bits per heavy atom. The molecule has 1 heterocycles. The van der Waals surface area contributed by atoms with Crippen molar-refractivity contribution in [3.8, 4) is 11.4 Å². The molecule has 2 rings (SSSR count). The zero-order valence-electron chi connectivity index (χ0n) is 11.7. The second kappa shape index (κ2) is 7.17. The molecule has 104 valence electrons. The third kappa shape index (κ3) is 3.89. The van der Waals surface area contributed by atoms with Crippen LogP contribution in [0.4, 0.5) is 0 Å².